The molecule has 0 saturated carbocycles. The van der Waals surface area contributed by atoms with Gasteiger partial charge in [-0.05, 0) is 30.3 Å². The Bertz CT molecular complexity index is 1120. The van der Waals surface area contributed by atoms with Crippen LogP contribution in [0.5, 0.6) is 11.5 Å². The lowest BCUT2D eigenvalue weighted by Crippen LogP contribution is -2.05. The number of carbonyl (C=O) groups is 1. The van der Waals surface area contributed by atoms with Gasteiger partial charge in [0.05, 0.1) is 34.2 Å². The quantitative estimate of drug-likeness (QED) is 0.236. The number of methoxy groups -OCH3 is 1. The number of nitrogens with one attached hydrogen (secondary N) is 1. The van der Waals surface area contributed by atoms with Gasteiger partial charge in [-0.25, -0.2) is 4.98 Å². The molecule has 0 fully saturated rings. The van der Waals surface area contributed by atoms with E-state index in [-0.39, 0.29) is 28.5 Å². The van der Waals surface area contributed by atoms with Gasteiger partial charge in [-0.1, -0.05) is 12.1 Å². The van der Waals surface area contributed by atoms with Crippen molar-refractivity contribution in [3.05, 3.63) is 57.9 Å². The van der Waals surface area contributed by atoms with Crippen molar-refractivity contribution < 1.29 is 19.2 Å². The number of allylic oxidation sites excluding steroid dienone is 1. The van der Waals surface area contributed by atoms with Crippen LogP contribution >= 0.6 is 0 Å². The van der Waals surface area contributed by atoms with Gasteiger partial charge in [-0.3, -0.25) is 14.9 Å². The number of ether oxygens (including phenoxy) is 2. The first-order valence-corrected chi connectivity index (χ1v) is 8.05. The van der Waals surface area contributed by atoms with Crippen molar-refractivity contribution in [3.63, 3.8) is 0 Å². The average Bonchev–Trinajstić information content (AvgIpc) is 3.09. The van der Waals surface area contributed by atoms with Crippen LogP contribution < -0.4 is 9.47 Å². The Kier molecular flexibility index (Phi) is 5.04. The number of aromatic nitrogens is 2. The Balaban J connectivity index is 2.16. The Morgan fingerprint density at radius 1 is 1.32 bits per heavy atom. The third kappa shape index (κ3) is 3.52. The van der Waals surface area contributed by atoms with Crippen molar-refractivity contribution in [2.24, 2.45) is 0 Å². The minimum atomic E-state index is -0.661. The molecular weight excluding hydrogens is 364 g/mol. The van der Waals surface area contributed by atoms with E-state index < -0.39 is 16.6 Å². The third-order valence-corrected chi connectivity index (χ3v) is 3.83. The zero-order valence-corrected chi connectivity index (χ0v) is 14.9. The van der Waals surface area contributed by atoms with E-state index >= 15 is 0 Å². The molecule has 28 heavy (non-hydrogen) atoms. The topological polar surface area (TPSA) is 131 Å². The lowest BCUT2D eigenvalue weighted by molar-refractivity contribution is -0.386. The maximum atomic E-state index is 11.6. The van der Waals surface area contributed by atoms with E-state index in [4.69, 9.17) is 9.47 Å². The summed E-state index contributed by atoms with van der Waals surface area (Å²) in [4.78, 5) is 29.5. The fraction of sp³-hybridized carbons (Fsp3) is 0.105. The smallest absolute Gasteiger partial charge is 0.322 e. The number of benzene rings is 2. The highest BCUT2D eigenvalue weighted by Gasteiger charge is 2.26. The molecule has 1 N–H and O–H groups in total. The summed E-state index contributed by atoms with van der Waals surface area (Å²) in [5.74, 6) is -0.658. The molecule has 0 amide bonds. The van der Waals surface area contributed by atoms with Crippen LogP contribution in [0.1, 0.15) is 18.3 Å². The van der Waals surface area contributed by atoms with Gasteiger partial charge in [0.1, 0.15) is 11.9 Å². The number of aromatic amines is 1. The Morgan fingerprint density at radius 2 is 2.07 bits per heavy atom. The zero-order valence-electron chi connectivity index (χ0n) is 14.9. The van der Waals surface area contributed by atoms with Gasteiger partial charge >= 0.3 is 11.7 Å². The van der Waals surface area contributed by atoms with Crippen molar-refractivity contribution in [1.29, 1.82) is 5.26 Å². The molecule has 0 bridgehead atoms. The first-order valence-electron chi connectivity index (χ1n) is 8.05. The molecule has 0 radical (unpaired) electrons. The van der Waals surface area contributed by atoms with Crippen molar-refractivity contribution in [1.82, 2.24) is 9.97 Å². The van der Waals surface area contributed by atoms with E-state index in [9.17, 15) is 20.2 Å². The molecule has 0 aliphatic carbocycles. The van der Waals surface area contributed by atoms with E-state index in [2.05, 4.69) is 9.97 Å². The largest absolute Gasteiger partial charge is 0.488 e. The summed E-state index contributed by atoms with van der Waals surface area (Å²) in [5.41, 5.74) is 1.17. The summed E-state index contributed by atoms with van der Waals surface area (Å²) in [7, 11) is 1.23. The standard InChI is InChI=1S/C19H14N4O5/c1-11(24)28-16-8-7-12(17(23(25)26)18(16)27-2)9-13(10-20)19-21-14-5-3-4-6-15(14)22-19/h3-9H,1-2H3,(H,21,22). The predicted molar refractivity (Wildman–Crippen MR) is 101 cm³/mol. The molecule has 0 saturated heterocycles. The Labute approximate surface area is 159 Å². The fourth-order valence-electron chi connectivity index (χ4n) is 2.69. The number of nitro groups is 1. The third-order valence-electron chi connectivity index (χ3n) is 3.83. The molecule has 0 aliphatic heterocycles. The predicted octanol–water partition coefficient (Wildman–Crippen LogP) is 3.47. The number of para-hydroxylation sites is 2. The summed E-state index contributed by atoms with van der Waals surface area (Å²) in [6.45, 7) is 1.18. The summed E-state index contributed by atoms with van der Waals surface area (Å²) in [6.07, 6.45) is 1.33. The monoisotopic (exact) mass is 378 g/mol. The molecular formula is C19H14N4O5. The summed E-state index contributed by atoms with van der Waals surface area (Å²) in [6, 6.07) is 12.0. The molecule has 3 rings (SSSR count). The van der Waals surface area contributed by atoms with Crippen molar-refractivity contribution in [2.75, 3.05) is 7.11 Å². The van der Waals surface area contributed by atoms with Gasteiger partial charge in [0.25, 0.3) is 0 Å². The minimum Gasteiger partial charge on any atom is -0.488 e. The number of imidazole rings is 1. The van der Waals surface area contributed by atoms with E-state index in [0.717, 1.165) is 5.52 Å². The maximum Gasteiger partial charge on any atom is 0.322 e. The first kappa shape index (κ1) is 18.6. The second-order valence-corrected chi connectivity index (χ2v) is 5.66. The first-order chi connectivity index (χ1) is 13.4. The van der Waals surface area contributed by atoms with Crippen molar-refractivity contribution in [3.8, 4) is 17.6 Å². The highest BCUT2D eigenvalue weighted by Crippen LogP contribution is 2.41. The van der Waals surface area contributed by atoms with Gasteiger partial charge in [0.2, 0.25) is 5.75 Å². The molecule has 0 atom stereocenters. The number of nitriles is 1. The zero-order chi connectivity index (χ0) is 20.3. The van der Waals surface area contributed by atoms with Crippen LogP contribution in [0.15, 0.2) is 36.4 Å². The SMILES string of the molecule is COc1c(OC(C)=O)ccc(C=C(C#N)c2nc3ccccc3[nH]2)c1[N+](=O)[O-]. The number of hydrogen-bond acceptors (Lipinski definition) is 7. The number of hydrogen-bond donors (Lipinski definition) is 1. The number of H-pyrrole nitrogens is 1. The molecule has 2 aromatic carbocycles. The van der Waals surface area contributed by atoms with Crippen LogP contribution in [0, 0.1) is 21.4 Å². The van der Waals surface area contributed by atoms with Gasteiger partial charge < -0.3 is 14.5 Å². The summed E-state index contributed by atoms with van der Waals surface area (Å²) in [5, 5.41) is 21.2. The average molecular weight is 378 g/mol. The fourth-order valence-corrected chi connectivity index (χ4v) is 2.69. The molecule has 0 spiro atoms. The van der Waals surface area contributed by atoms with E-state index in [1.807, 2.05) is 18.2 Å². The number of esters is 1. The minimum absolute atomic E-state index is 0.0823. The van der Waals surface area contributed by atoms with E-state index in [1.54, 1.807) is 12.1 Å². The van der Waals surface area contributed by atoms with Crippen LogP contribution in [-0.2, 0) is 4.79 Å². The normalized spacial score (nSPS) is 11.1. The van der Waals surface area contributed by atoms with E-state index in [0.29, 0.717) is 5.52 Å². The molecule has 140 valence electrons. The second-order valence-electron chi connectivity index (χ2n) is 5.66. The number of rotatable bonds is 5. The van der Waals surface area contributed by atoms with Crippen LogP contribution in [0.4, 0.5) is 5.69 Å². The highest BCUT2D eigenvalue weighted by atomic mass is 16.6. The molecule has 9 nitrogen and oxygen atoms in total. The number of nitrogens with zero attached hydrogens (tertiary/aromatic N) is 3. The second kappa shape index (κ2) is 7.59. The lowest BCUT2D eigenvalue weighted by atomic mass is 10.1. The van der Waals surface area contributed by atoms with Crippen LogP contribution in [0.3, 0.4) is 0 Å². The van der Waals surface area contributed by atoms with Crippen LogP contribution in [0.25, 0.3) is 22.7 Å². The molecule has 3 aromatic rings. The van der Waals surface area contributed by atoms with Crippen molar-refractivity contribution in [2.45, 2.75) is 6.92 Å². The van der Waals surface area contributed by atoms with Gasteiger partial charge in [-0.15, -0.1) is 0 Å². The van der Waals surface area contributed by atoms with Crippen molar-refractivity contribution >= 4 is 34.3 Å². The highest BCUT2D eigenvalue weighted by molar-refractivity contribution is 5.92. The number of carbonyl (C=O) groups excluding carboxylic acids is 1. The number of fused-ring (bicyclic) bond motifs is 1. The van der Waals surface area contributed by atoms with Crippen LogP contribution in [-0.4, -0.2) is 28.0 Å². The van der Waals surface area contributed by atoms with E-state index in [1.165, 1.54) is 32.2 Å². The Hall–Kier alpha value is -4.19. The van der Waals surface area contributed by atoms with Gasteiger partial charge in [0.15, 0.2) is 5.75 Å². The lowest BCUT2D eigenvalue weighted by Gasteiger charge is -2.10. The summed E-state index contributed by atoms with van der Waals surface area (Å²) >= 11 is 0. The molecule has 9 heteroatoms. The molecule has 1 aromatic heterocycles. The molecule has 0 unspecified atom stereocenters. The van der Waals surface area contributed by atoms with Gasteiger partial charge in [0, 0.05) is 6.92 Å². The number of nitro benzene ring substituents is 1. The molecule has 1 heterocycles. The Morgan fingerprint density at radius 3 is 2.68 bits per heavy atom. The summed E-state index contributed by atoms with van der Waals surface area (Å²) < 4.78 is 10.1. The maximum absolute atomic E-state index is 11.6. The van der Waals surface area contributed by atoms with Crippen LogP contribution in [0.2, 0.25) is 0 Å². The van der Waals surface area contributed by atoms with Gasteiger partial charge in [-0.2, -0.15) is 5.26 Å². The molecule has 0 aliphatic rings.